The molecule has 0 aromatic heterocycles. The van der Waals surface area contributed by atoms with Crippen molar-refractivity contribution in [3.05, 3.63) is 0 Å². The molecule has 4 saturated heterocycles. The van der Waals surface area contributed by atoms with Gasteiger partial charge in [-0.3, -0.25) is 19.4 Å². The number of fused-ring (bicyclic) bond motifs is 4. The van der Waals surface area contributed by atoms with Gasteiger partial charge in [-0.15, -0.1) is 0 Å². The first kappa shape index (κ1) is 18.2. The van der Waals surface area contributed by atoms with Gasteiger partial charge in [0.25, 0.3) is 0 Å². The zero-order valence-corrected chi connectivity index (χ0v) is 15.7. The number of likely N-dealkylation sites (tertiary alicyclic amines) is 1. The molecule has 4 fully saturated rings. The van der Waals surface area contributed by atoms with E-state index in [1.807, 2.05) is 0 Å². The lowest BCUT2D eigenvalue weighted by atomic mass is 9.76. The molecule has 4 rings (SSSR count). The van der Waals surface area contributed by atoms with Crippen molar-refractivity contribution in [2.75, 3.05) is 65.6 Å². The SMILES string of the molecule is O=C(CN1C[C@H]2C[C@H](C1)[C@H]1CCCC(=O)N1C2)NCCN1CCOCC1. The average Bonchev–Trinajstić information content (AvgIpc) is 2.63. The van der Waals surface area contributed by atoms with Crippen molar-refractivity contribution in [1.29, 1.82) is 0 Å². The van der Waals surface area contributed by atoms with E-state index in [0.717, 1.165) is 71.7 Å². The molecule has 4 aliphatic rings. The maximum atomic E-state index is 12.3. The van der Waals surface area contributed by atoms with Crippen molar-refractivity contribution >= 4 is 11.8 Å². The predicted molar refractivity (Wildman–Crippen MR) is 97.7 cm³/mol. The second-order valence-corrected chi connectivity index (χ2v) is 8.37. The predicted octanol–water partition coefficient (Wildman–Crippen LogP) is -0.232. The highest BCUT2D eigenvalue weighted by molar-refractivity contribution is 5.78. The van der Waals surface area contributed by atoms with Crippen molar-refractivity contribution in [2.24, 2.45) is 11.8 Å². The van der Waals surface area contributed by atoms with Crippen LogP contribution in [0.1, 0.15) is 25.7 Å². The van der Waals surface area contributed by atoms with Crippen molar-refractivity contribution in [2.45, 2.75) is 31.7 Å². The molecule has 26 heavy (non-hydrogen) atoms. The fourth-order valence-electron chi connectivity index (χ4n) is 5.28. The molecule has 0 unspecified atom stereocenters. The number of piperidine rings is 3. The number of hydrogen-bond acceptors (Lipinski definition) is 5. The first-order chi connectivity index (χ1) is 12.7. The highest BCUT2D eigenvalue weighted by Crippen LogP contribution is 2.37. The number of ether oxygens (including phenoxy) is 1. The first-order valence-electron chi connectivity index (χ1n) is 10.3. The number of amides is 2. The van der Waals surface area contributed by atoms with Crippen LogP contribution >= 0.6 is 0 Å². The molecule has 2 amide bonds. The number of carbonyl (C=O) groups excluding carboxylic acids is 2. The van der Waals surface area contributed by atoms with E-state index < -0.39 is 0 Å². The van der Waals surface area contributed by atoms with Crippen LogP contribution in [-0.2, 0) is 14.3 Å². The zero-order valence-electron chi connectivity index (χ0n) is 15.7. The Morgan fingerprint density at radius 1 is 1.15 bits per heavy atom. The molecule has 7 heteroatoms. The molecule has 3 atom stereocenters. The molecule has 2 bridgehead atoms. The van der Waals surface area contributed by atoms with Gasteiger partial charge in [-0.1, -0.05) is 0 Å². The summed E-state index contributed by atoms with van der Waals surface area (Å²) in [5.41, 5.74) is 0. The van der Waals surface area contributed by atoms with E-state index in [0.29, 0.717) is 36.9 Å². The Kier molecular flexibility index (Phi) is 5.76. The van der Waals surface area contributed by atoms with Gasteiger partial charge >= 0.3 is 0 Å². The summed E-state index contributed by atoms with van der Waals surface area (Å²) in [7, 11) is 0. The Bertz CT molecular complexity index is 523. The van der Waals surface area contributed by atoms with Crippen LogP contribution in [-0.4, -0.2) is 98.1 Å². The van der Waals surface area contributed by atoms with E-state index in [4.69, 9.17) is 4.74 Å². The van der Waals surface area contributed by atoms with Crippen LogP contribution in [0.25, 0.3) is 0 Å². The molecule has 1 N–H and O–H groups in total. The molecule has 0 spiro atoms. The van der Waals surface area contributed by atoms with Crippen molar-refractivity contribution in [3.8, 4) is 0 Å². The van der Waals surface area contributed by atoms with Gasteiger partial charge in [0.15, 0.2) is 0 Å². The quantitative estimate of drug-likeness (QED) is 0.730. The normalized spacial score (nSPS) is 33.0. The number of morpholine rings is 1. The Morgan fingerprint density at radius 3 is 2.85 bits per heavy atom. The van der Waals surface area contributed by atoms with E-state index in [2.05, 4.69) is 20.0 Å². The van der Waals surface area contributed by atoms with Gasteiger partial charge in [-0.25, -0.2) is 0 Å². The molecule has 0 aromatic rings. The summed E-state index contributed by atoms with van der Waals surface area (Å²) >= 11 is 0. The van der Waals surface area contributed by atoms with E-state index >= 15 is 0 Å². The highest BCUT2D eigenvalue weighted by atomic mass is 16.5. The second-order valence-electron chi connectivity index (χ2n) is 8.37. The minimum Gasteiger partial charge on any atom is -0.379 e. The number of nitrogens with one attached hydrogen (secondary N) is 1. The lowest BCUT2D eigenvalue weighted by Crippen LogP contribution is -2.61. The Labute approximate surface area is 156 Å². The van der Waals surface area contributed by atoms with E-state index in [-0.39, 0.29) is 5.91 Å². The largest absolute Gasteiger partial charge is 0.379 e. The minimum atomic E-state index is 0.134. The standard InChI is InChI=1S/C19H32N4O3/c24-18(20-4-5-21-6-8-26-9-7-21)14-22-11-15-10-16(13-22)17-2-1-3-19(25)23(17)12-15/h15-17H,1-14H2,(H,20,24)/t15-,16-,17-/m1/s1. The third-order valence-corrected chi connectivity index (χ3v) is 6.48. The fraction of sp³-hybridized carbons (Fsp3) is 0.895. The summed E-state index contributed by atoms with van der Waals surface area (Å²) < 4.78 is 5.35. The molecule has 0 aromatic carbocycles. The Morgan fingerprint density at radius 2 is 2.00 bits per heavy atom. The lowest BCUT2D eigenvalue weighted by molar-refractivity contribution is -0.145. The van der Waals surface area contributed by atoms with Crippen LogP contribution < -0.4 is 5.32 Å². The van der Waals surface area contributed by atoms with Gasteiger partial charge in [0.1, 0.15) is 0 Å². The molecule has 4 heterocycles. The van der Waals surface area contributed by atoms with Crippen LogP contribution in [0.4, 0.5) is 0 Å². The third-order valence-electron chi connectivity index (χ3n) is 6.48. The molecule has 146 valence electrons. The molecule has 0 radical (unpaired) electrons. The molecule has 7 nitrogen and oxygen atoms in total. The number of carbonyl (C=O) groups is 2. The lowest BCUT2D eigenvalue weighted by Gasteiger charge is -2.52. The maximum Gasteiger partial charge on any atom is 0.234 e. The molecular formula is C19H32N4O3. The molecule has 0 saturated carbocycles. The summed E-state index contributed by atoms with van der Waals surface area (Å²) in [6.45, 7) is 8.43. The number of hydrogen-bond donors (Lipinski definition) is 1. The van der Waals surface area contributed by atoms with Crippen LogP contribution in [0.2, 0.25) is 0 Å². The van der Waals surface area contributed by atoms with E-state index in [1.165, 1.54) is 6.42 Å². The maximum absolute atomic E-state index is 12.3. The second kappa shape index (κ2) is 8.23. The fourth-order valence-corrected chi connectivity index (χ4v) is 5.28. The monoisotopic (exact) mass is 364 g/mol. The van der Waals surface area contributed by atoms with Crippen molar-refractivity contribution in [3.63, 3.8) is 0 Å². The number of rotatable bonds is 5. The summed E-state index contributed by atoms with van der Waals surface area (Å²) in [6.07, 6.45) is 4.13. The smallest absolute Gasteiger partial charge is 0.234 e. The summed E-state index contributed by atoms with van der Waals surface area (Å²) in [6, 6.07) is 0.416. The van der Waals surface area contributed by atoms with Gasteiger partial charge in [0, 0.05) is 58.3 Å². The molecular weight excluding hydrogens is 332 g/mol. The first-order valence-corrected chi connectivity index (χ1v) is 10.3. The van der Waals surface area contributed by atoms with Gasteiger partial charge in [0.2, 0.25) is 11.8 Å². The summed E-state index contributed by atoms with van der Waals surface area (Å²) in [4.78, 5) is 31.4. The third kappa shape index (κ3) is 4.21. The Balaban J connectivity index is 1.22. The zero-order chi connectivity index (χ0) is 17.9. The summed E-state index contributed by atoms with van der Waals surface area (Å²) in [5.74, 6) is 1.57. The Hall–Kier alpha value is -1.18. The van der Waals surface area contributed by atoms with Gasteiger partial charge < -0.3 is 15.0 Å². The summed E-state index contributed by atoms with van der Waals surface area (Å²) in [5, 5.41) is 3.08. The van der Waals surface area contributed by atoms with Crippen molar-refractivity contribution in [1.82, 2.24) is 20.0 Å². The minimum absolute atomic E-state index is 0.134. The van der Waals surface area contributed by atoms with Gasteiger partial charge in [-0.05, 0) is 31.1 Å². The molecule has 0 aliphatic carbocycles. The van der Waals surface area contributed by atoms with Crippen LogP contribution in [0, 0.1) is 11.8 Å². The van der Waals surface area contributed by atoms with E-state index in [1.54, 1.807) is 0 Å². The van der Waals surface area contributed by atoms with Crippen LogP contribution in [0.3, 0.4) is 0 Å². The van der Waals surface area contributed by atoms with Crippen molar-refractivity contribution < 1.29 is 14.3 Å². The number of nitrogens with zero attached hydrogens (tertiary/aromatic N) is 3. The highest BCUT2D eigenvalue weighted by Gasteiger charge is 2.43. The van der Waals surface area contributed by atoms with Gasteiger partial charge in [-0.2, -0.15) is 0 Å². The average molecular weight is 364 g/mol. The topological polar surface area (TPSA) is 65.1 Å². The van der Waals surface area contributed by atoms with Crippen LogP contribution in [0.5, 0.6) is 0 Å². The van der Waals surface area contributed by atoms with Crippen LogP contribution in [0.15, 0.2) is 0 Å². The van der Waals surface area contributed by atoms with Gasteiger partial charge in [0.05, 0.1) is 19.8 Å². The van der Waals surface area contributed by atoms with E-state index in [9.17, 15) is 9.59 Å². The molecule has 4 aliphatic heterocycles.